The number of hydrogen-bond donors (Lipinski definition) is 0. The van der Waals surface area contributed by atoms with Gasteiger partial charge in [0.15, 0.2) is 0 Å². The second-order valence-electron chi connectivity index (χ2n) is 20.9. The first-order valence-electron chi connectivity index (χ1n) is 28.3. The van der Waals surface area contributed by atoms with E-state index in [1.54, 1.807) is 0 Å². The van der Waals surface area contributed by atoms with Crippen LogP contribution in [0.15, 0.2) is 261 Å². The first-order chi connectivity index (χ1) is 39.0. The van der Waals surface area contributed by atoms with Gasteiger partial charge < -0.3 is 19.3 Å². The molecule has 0 saturated carbocycles. The van der Waals surface area contributed by atoms with Crippen LogP contribution in [0.3, 0.4) is 0 Å². The van der Waals surface area contributed by atoms with Crippen LogP contribution in [0.2, 0.25) is 0 Å². The van der Waals surface area contributed by atoms with Gasteiger partial charge in [-0.1, -0.05) is 191 Å². The summed E-state index contributed by atoms with van der Waals surface area (Å²) in [5.74, 6) is 0. The van der Waals surface area contributed by atoms with Gasteiger partial charge in [0.25, 0.3) is 0 Å². The van der Waals surface area contributed by atoms with Gasteiger partial charge in [-0.05, 0) is 160 Å². The molecule has 13 rings (SSSR count). The highest BCUT2D eigenvalue weighted by molar-refractivity contribution is 6.12. The van der Waals surface area contributed by atoms with Gasteiger partial charge in [0.1, 0.15) is 0 Å². The zero-order chi connectivity index (χ0) is 53.2. The Hall–Kier alpha value is -9.38. The number of hydrogen-bond acceptors (Lipinski definition) is 3. The maximum atomic E-state index is 2.47. The topological polar surface area (TPSA) is 14.7 Å². The maximum Gasteiger partial charge on any atom is 0.0541 e. The molecule has 384 valence electrons. The third kappa shape index (κ3) is 9.34. The quantitative estimate of drug-likeness (QED) is 0.0958. The third-order valence-electron chi connectivity index (χ3n) is 15.9. The summed E-state index contributed by atoms with van der Waals surface area (Å²) in [4.78, 5) is 7.40. The van der Waals surface area contributed by atoms with Crippen molar-refractivity contribution in [2.45, 2.75) is 40.0 Å². The summed E-state index contributed by atoms with van der Waals surface area (Å²) in [6.45, 7) is 9.58. The molecule has 79 heavy (non-hydrogen) atoms. The molecule has 0 unspecified atom stereocenters. The molecule has 13 aromatic rings. The van der Waals surface area contributed by atoms with Crippen molar-refractivity contribution >= 4 is 88.2 Å². The molecule has 0 fully saturated rings. The van der Waals surface area contributed by atoms with Crippen molar-refractivity contribution < 1.29 is 0 Å². The van der Waals surface area contributed by atoms with Crippen LogP contribution in [0.4, 0.5) is 34.1 Å². The second-order valence-corrected chi connectivity index (χ2v) is 20.9. The van der Waals surface area contributed by atoms with Gasteiger partial charge in [-0.25, -0.2) is 0 Å². The average Bonchev–Trinajstić information content (AvgIpc) is 4.11. The summed E-state index contributed by atoms with van der Waals surface area (Å²) < 4.78 is 2.45. The maximum absolute atomic E-state index is 2.47. The first-order valence-corrected chi connectivity index (χ1v) is 28.3. The van der Waals surface area contributed by atoms with Gasteiger partial charge in [0.05, 0.1) is 11.0 Å². The van der Waals surface area contributed by atoms with Gasteiger partial charge >= 0.3 is 0 Å². The summed E-state index contributed by atoms with van der Waals surface area (Å²) in [7, 11) is 0. The van der Waals surface area contributed by atoms with Gasteiger partial charge in [-0.2, -0.15) is 0 Å². The van der Waals surface area contributed by atoms with Crippen LogP contribution in [-0.2, 0) is 0 Å². The van der Waals surface area contributed by atoms with E-state index < -0.39 is 0 Å². The molecule has 0 spiro atoms. The van der Waals surface area contributed by atoms with E-state index in [2.05, 4.69) is 301 Å². The van der Waals surface area contributed by atoms with Crippen molar-refractivity contribution in [1.82, 2.24) is 4.57 Å². The van der Waals surface area contributed by atoms with E-state index in [1.807, 2.05) is 0 Å². The minimum absolute atomic E-state index is 0.933. The SMILES string of the molecule is CCCN(c1ccc(-c2ccc(-n3c4ccc(-c5ccc(N(CCC)c6cccc7ccccc67)cc5)cc4c4cc(-c5ccc(N(CCC)c6cccc7ccccc67)cc5)ccc43)cc2)cc1)c1cccc2ccccc12. The molecule has 4 nitrogen and oxygen atoms in total. The van der Waals surface area contributed by atoms with E-state index in [4.69, 9.17) is 0 Å². The van der Waals surface area contributed by atoms with Crippen LogP contribution in [0, 0.1) is 0 Å². The summed E-state index contributed by atoms with van der Waals surface area (Å²) in [5, 5.41) is 10.1. The highest BCUT2D eigenvalue weighted by Gasteiger charge is 2.19. The van der Waals surface area contributed by atoms with Crippen molar-refractivity contribution in [1.29, 1.82) is 0 Å². The van der Waals surface area contributed by atoms with Crippen LogP contribution >= 0.6 is 0 Å². The Morgan fingerprint density at radius 1 is 0.266 bits per heavy atom. The minimum atomic E-state index is 0.933. The highest BCUT2D eigenvalue weighted by atomic mass is 15.1. The van der Waals surface area contributed by atoms with Gasteiger partial charge in [0.2, 0.25) is 0 Å². The number of benzene rings is 12. The van der Waals surface area contributed by atoms with Crippen LogP contribution in [0.5, 0.6) is 0 Å². The van der Waals surface area contributed by atoms with Gasteiger partial charge in [-0.15, -0.1) is 0 Å². The van der Waals surface area contributed by atoms with E-state index >= 15 is 0 Å². The molecule has 12 aromatic carbocycles. The van der Waals surface area contributed by atoms with Crippen molar-refractivity contribution in [2.24, 2.45) is 0 Å². The number of nitrogens with zero attached hydrogens (tertiary/aromatic N) is 4. The molecule has 0 aliphatic rings. The zero-order valence-electron chi connectivity index (χ0n) is 45.4. The Bertz CT molecular complexity index is 4080. The Morgan fingerprint density at radius 2 is 0.557 bits per heavy atom. The largest absolute Gasteiger partial charge is 0.341 e. The first kappa shape index (κ1) is 49.2. The number of fused-ring (bicyclic) bond motifs is 6. The molecule has 0 aliphatic heterocycles. The van der Waals surface area contributed by atoms with Crippen molar-refractivity contribution in [3.8, 4) is 39.1 Å². The molecule has 0 atom stereocenters. The van der Waals surface area contributed by atoms with Crippen LogP contribution in [0.25, 0.3) is 93.2 Å². The standard InChI is InChI=1S/C75H64N4/c1-4-48-76(71-25-13-19-57-16-7-10-22-66(57)71)62-38-28-53(29-39-62)54-34-44-65(45-35-54)79-74-46-36-60(55-30-40-63(41-31-55)77(49-5-2)72-26-14-20-58-17-8-11-23-67(58)72)51-69(74)70-52-61(37-47-75(70)79)56-32-42-64(43-33-56)78(50-6-3)73-27-15-21-59-18-9-12-24-68(59)73/h7-47,51-52H,4-6,48-50H2,1-3H3. The highest BCUT2D eigenvalue weighted by Crippen LogP contribution is 2.41. The predicted molar refractivity (Wildman–Crippen MR) is 341 cm³/mol. The lowest BCUT2D eigenvalue weighted by Gasteiger charge is -2.26. The molecule has 0 N–H and O–H groups in total. The normalized spacial score (nSPS) is 11.5. The third-order valence-corrected chi connectivity index (χ3v) is 15.9. The Morgan fingerprint density at radius 3 is 0.899 bits per heavy atom. The smallest absolute Gasteiger partial charge is 0.0541 e. The molecular weight excluding hydrogens is 957 g/mol. The van der Waals surface area contributed by atoms with E-state index in [0.29, 0.717) is 0 Å². The Balaban J connectivity index is 0.864. The monoisotopic (exact) mass is 1020 g/mol. The van der Waals surface area contributed by atoms with Crippen LogP contribution in [0.1, 0.15) is 40.0 Å². The number of aromatic nitrogens is 1. The number of anilines is 6. The lowest BCUT2D eigenvalue weighted by atomic mass is 9.99. The molecule has 4 heteroatoms. The minimum Gasteiger partial charge on any atom is -0.341 e. The molecule has 0 radical (unpaired) electrons. The zero-order valence-corrected chi connectivity index (χ0v) is 45.4. The fraction of sp³-hybridized carbons (Fsp3) is 0.120. The lowest BCUT2D eigenvalue weighted by Crippen LogP contribution is -2.18. The molecule has 1 aromatic heterocycles. The van der Waals surface area contributed by atoms with E-state index in [9.17, 15) is 0 Å². The van der Waals surface area contributed by atoms with Crippen molar-refractivity contribution in [2.75, 3.05) is 34.3 Å². The molecule has 1 heterocycles. The van der Waals surface area contributed by atoms with Crippen molar-refractivity contribution in [3.05, 3.63) is 261 Å². The van der Waals surface area contributed by atoms with Crippen molar-refractivity contribution in [3.63, 3.8) is 0 Å². The molecule has 0 saturated heterocycles. The van der Waals surface area contributed by atoms with Crippen LogP contribution < -0.4 is 14.7 Å². The number of rotatable bonds is 16. The lowest BCUT2D eigenvalue weighted by molar-refractivity contribution is 0.888. The summed E-state index contributed by atoms with van der Waals surface area (Å²) in [6, 6.07) is 96.7. The molecule has 0 aliphatic carbocycles. The van der Waals surface area contributed by atoms with E-state index in [1.165, 1.54) is 122 Å². The summed E-state index contributed by atoms with van der Waals surface area (Å²) in [5.41, 5.74) is 18.0. The fourth-order valence-corrected chi connectivity index (χ4v) is 12.1. The van der Waals surface area contributed by atoms with Gasteiger partial charge in [0, 0.05) is 86.4 Å². The molecule has 0 amide bonds. The summed E-state index contributed by atoms with van der Waals surface area (Å²) >= 11 is 0. The summed E-state index contributed by atoms with van der Waals surface area (Å²) in [6.07, 6.45) is 3.14. The fourth-order valence-electron chi connectivity index (χ4n) is 12.1. The Kier molecular flexibility index (Phi) is 13.4. The molecular formula is C75H64N4. The second kappa shape index (κ2) is 21.6. The Labute approximate surface area is 464 Å². The van der Waals surface area contributed by atoms with Gasteiger partial charge in [-0.3, -0.25) is 0 Å². The van der Waals surface area contributed by atoms with E-state index in [-0.39, 0.29) is 0 Å². The average molecular weight is 1020 g/mol. The predicted octanol–water partition coefficient (Wildman–Crippen LogP) is 20.9. The van der Waals surface area contributed by atoms with E-state index in [0.717, 1.165) is 44.6 Å². The molecule has 0 bridgehead atoms. The van der Waals surface area contributed by atoms with Crippen LogP contribution in [-0.4, -0.2) is 24.2 Å².